The third-order valence-electron chi connectivity index (χ3n) is 6.72. The lowest BCUT2D eigenvalue weighted by molar-refractivity contribution is -0.140. The molecule has 0 aromatic heterocycles. The number of nitrogens with one attached hydrogen (secondary N) is 1. The quantitative estimate of drug-likeness (QED) is 0.844. The molecule has 1 unspecified atom stereocenters. The Labute approximate surface area is 166 Å². The molecular weight excluding hydrogens is 357 g/mol. The molecule has 5 nitrogen and oxygen atoms in total. The topological polar surface area (TPSA) is 52.7 Å². The van der Waals surface area contributed by atoms with Gasteiger partial charge in [0.15, 0.2) is 0 Å². The largest absolute Gasteiger partial charge is 0.352 e. The van der Waals surface area contributed by atoms with Gasteiger partial charge in [-0.2, -0.15) is 0 Å². The van der Waals surface area contributed by atoms with Crippen LogP contribution in [0.25, 0.3) is 0 Å². The first-order chi connectivity index (χ1) is 13.5. The number of carbonyl (C=O) groups is 2. The first-order valence-electron chi connectivity index (χ1n) is 10.6. The number of piperazine rings is 1. The molecule has 4 rings (SSSR count). The van der Waals surface area contributed by atoms with Crippen LogP contribution in [0.5, 0.6) is 0 Å². The average molecular weight is 387 g/mol. The highest BCUT2D eigenvalue weighted by atomic mass is 19.1. The molecule has 152 valence electrons. The minimum atomic E-state index is -0.509. The van der Waals surface area contributed by atoms with Crippen LogP contribution in [0.2, 0.25) is 0 Å². The summed E-state index contributed by atoms with van der Waals surface area (Å²) in [7, 11) is 0. The van der Waals surface area contributed by atoms with E-state index in [0.717, 1.165) is 44.1 Å². The molecule has 2 amide bonds. The summed E-state index contributed by atoms with van der Waals surface area (Å²) in [4.78, 5) is 29.9. The predicted octanol–water partition coefficient (Wildman–Crippen LogP) is 2.45. The van der Waals surface area contributed by atoms with Crippen LogP contribution in [0.4, 0.5) is 4.39 Å². The maximum absolute atomic E-state index is 13.5. The fourth-order valence-electron chi connectivity index (χ4n) is 4.70. The zero-order valence-corrected chi connectivity index (χ0v) is 16.6. The SMILES string of the molecule is CC(C(=O)NC1CC1)N1CCN(C(=O)C2(c3ccc(F)cc3)CCCC2)CC1. The van der Waals surface area contributed by atoms with E-state index in [4.69, 9.17) is 0 Å². The van der Waals surface area contributed by atoms with Gasteiger partial charge >= 0.3 is 0 Å². The highest BCUT2D eigenvalue weighted by Gasteiger charge is 2.45. The minimum absolute atomic E-state index is 0.0980. The van der Waals surface area contributed by atoms with Crippen molar-refractivity contribution in [3.8, 4) is 0 Å². The van der Waals surface area contributed by atoms with E-state index in [9.17, 15) is 14.0 Å². The zero-order chi connectivity index (χ0) is 19.7. The van der Waals surface area contributed by atoms with Crippen LogP contribution >= 0.6 is 0 Å². The number of halogens is 1. The molecule has 2 aliphatic carbocycles. The van der Waals surface area contributed by atoms with Crippen molar-refractivity contribution in [1.82, 2.24) is 15.1 Å². The Kier molecular flexibility index (Phi) is 5.41. The number of hydrogen-bond donors (Lipinski definition) is 1. The predicted molar refractivity (Wildman–Crippen MR) is 105 cm³/mol. The normalized spacial score (nSPS) is 23.4. The molecule has 1 atom stereocenters. The molecule has 1 saturated heterocycles. The average Bonchev–Trinajstić information content (AvgIpc) is 3.39. The van der Waals surface area contributed by atoms with Gasteiger partial charge in [-0.05, 0) is 50.3 Å². The second-order valence-electron chi connectivity index (χ2n) is 8.58. The maximum Gasteiger partial charge on any atom is 0.237 e. The summed E-state index contributed by atoms with van der Waals surface area (Å²) in [5.74, 6) is 0.00335. The third kappa shape index (κ3) is 3.79. The van der Waals surface area contributed by atoms with Crippen molar-refractivity contribution in [2.75, 3.05) is 26.2 Å². The summed E-state index contributed by atoms with van der Waals surface area (Å²) in [6.07, 6.45) is 5.90. The van der Waals surface area contributed by atoms with E-state index in [2.05, 4.69) is 10.2 Å². The van der Waals surface area contributed by atoms with Gasteiger partial charge in [0.05, 0.1) is 11.5 Å². The van der Waals surface area contributed by atoms with Gasteiger partial charge in [-0.3, -0.25) is 14.5 Å². The van der Waals surface area contributed by atoms with Crippen molar-refractivity contribution in [3.05, 3.63) is 35.6 Å². The van der Waals surface area contributed by atoms with Crippen LogP contribution in [-0.2, 0) is 15.0 Å². The number of hydrogen-bond acceptors (Lipinski definition) is 3. The molecule has 2 saturated carbocycles. The van der Waals surface area contributed by atoms with Crippen LogP contribution in [0.15, 0.2) is 24.3 Å². The molecule has 3 fully saturated rings. The molecule has 3 aliphatic rings. The molecule has 0 radical (unpaired) electrons. The Hall–Kier alpha value is -1.95. The van der Waals surface area contributed by atoms with Crippen LogP contribution < -0.4 is 5.32 Å². The van der Waals surface area contributed by atoms with Crippen molar-refractivity contribution in [2.24, 2.45) is 0 Å². The van der Waals surface area contributed by atoms with E-state index in [0.29, 0.717) is 32.2 Å². The summed E-state index contributed by atoms with van der Waals surface area (Å²) in [6.45, 7) is 4.66. The smallest absolute Gasteiger partial charge is 0.237 e. The van der Waals surface area contributed by atoms with Gasteiger partial charge in [-0.15, -0.1) is 0 Å². The monoisotopic (exact) mass is 387 g/mol. The highest BCUT2D eigenvalue weighted by Crippen LogP contribution is 2.43. The fraction of sp³-hybridized carbons (Fsp3) is 0.636. The van der Waals surface area contributed by atoms with Gasteiger partial charge in [0.2, 0.25) is 11.8 Å². The van der Waals surface area contributed by atoms with Crippen LogP contribution in [0.3, 0.4) is 0 Å². The van der Waals surface area contributed by atoms with Gasteiger partial charge in [-0.1, -0.05) is 25.0 Å². The molecule has 0 bridgehead atoms. The molecule has 1 aromatic carbocycles. The molecule has 1 N–H and O–H groups in total. The van der Waals surface area contributed by atoms with Gasteiger partial charge in [0.1, 0.15) is 5.82 Å². The van der Waals surface area contributed by atoms with E-state index in [-0.39, 0.29) is 23.7 Å². The molecule has 0 spiro atoms. The first kappa shape index (κ1) is 19.4. The lowest BCUT2D eigenvalue weighted by Crippen LogP contribution is -2.57. The van der Waals surface area contributed by atoms with Crippen LogP contribution in [-0.4, -0.2) is 59.9 Å². The fourth-order valence-corrected chi connectivity index (χ4v) is 4.70. The van der Waals surface area contributed by atoms with Crippen molar-refractivity contribution in [1.29, 1.82) is 0 Å². The first-order valence-corrected chi connectivity index (χ1v) is 10.6. The Bertz CT molecular complexity index is 718. The Balaban J connectivity index is 1.40. The summed E-state index contributed by atoms with van der Waals surface area (Å²) < 4.78 is 13.4. The van der Waals surface area contributed by atoms with E-state index < -0.39 is 5.41 Å². The van der Waals surface area contributed by atoms with Gasteiger partial charge in [-0.25, -0.2) is 4.39 Å². The van der Waals surface area contributed by atoms with Crippen LogP contribution in [0, 0.1) is 5.82 Å². The lowest BCUT2D eigenvalue weighted by atomic mass is 9.77. The van der Waals surface area contributed by atoms with Crippen molar-refractivity contribution in [3.63, 3.8) is 0 Å². The van der Waals surface area contributed by atoms with Crippen molar-refractivity contribution < 1.29 is 14.0 Å². The van der Waals surface area contributed by atoms with Crippen molar-refractivity contribution in [2.45, 2.75) is 62.9 Å². The Morgan fingerprint density at radius 1 is 1.07 bits per heavy atom. The molecular formula is C22H30FN3O2. The second-order valence-corrected chi connectivity index (χ2v) is 8.58. The number of amides is 2. The van der Waals surface area contributed by atoms with E-state index in [1.54, 1.807) is 12.1 Å². The third-order valence-corrected chi connectivity index (χ3v) is 6.72. The molecule has 1 aromatic rings. The Morgan fingerprint density at radius 2 is 1.68 bits per heavy atom. The van der Waals surface area contributed by atoms with E-state index >= 15 is 0 Å². The maximum atomic E-state index is 13.5. The van der Waals surface area contributed by atoms with E-state index in [1.165, 1.54) is 12.1 Å². The summed E-state index contributed by atoms with van der Waals surface area (Å²) in [5, 5.41) is 3.07. The van der Waals surface area contributed by atoms with Crippen LogP contribution in [0.1, 0.15) is 51.0 Å². The molecule has 1 aliphatic heterocycles. The molecule has 1 heterocycles. The molecule has 6 heteroatoms. The summed E-state index contributed by atoms with van der Waals surface area (Å²) >= 11 is 0. The second kappa shape index (κ2) is 7.82. The van der Waals surface area contributed by atoms with Gasteiger partial charge in [0, 0.05) is 32.2 Å². The molecule has 28 heavy (non-hydrogen) atoms. The number of nitrogens with zero attached hydrogens (tertiary/aromatic N) is 2. The summed E-state index contributed by atoms with van der Waals surface area (Å²) in [6, 6.07) is 6.69. The zero-order valence-electron chi connectivity index (χ0n) is 16.6. The number of benzene rings is 1. The van der Waals surface area contributed by atoms with Gasteiger partial charge in [0.25, 0.3) is 0 Å². The highest BCUT2D eigenvalue weighted by molar-refractivity contribution is 5.89. The standard InChI is InChI=1S/C22H30FN3O2/c1-16(20(27)24-19-8-9-19)25-12-14-26(15-13-25)21(28)22(10-2-3-11-22)17-4-6-18(23)7-5-17/h4-7,16,19H,2-3,8-15H2,1H3,(H,24,27). The van der Waals surface area contributed by atoms with E-state index in [1.807, 2.05) is 11.8 Å². The van der Waals surface area contributed by atoms with Crippen molar-refractivity contribution >= 4 is 11.8 Å². The summed E-state index contributed by atoms with van der Waals surface area (Å²) in [5.41, 5.74) is 0.432. The van der Waals surface area contributed by atoms with Gasteiger partial charge < -0.3 is 10.2 Å². The lowest BCUT2D eigenvalue weighted by Gasteiger charge is -2.41. The minimum Gasteiger partial charge on any atom is -0.352 e. The Morgan fingerprint density at radius 3 is 2.25 bits per heavy atom. The number of carbonyl (C=O) groups excluding carboxylic acids is 2. The number of rotatable bonds is 5.